The van der Waals surface area contributed by atoms with Crippen molar-refractivity contribution in [2.45, 2.75) is 33.2 Å². The molecule has 144 valence electrons. The van der Waals surface area contributed by atoms with Crippen LogP contribution in [0, 0.1) is 6.92 Å². The number of hydrogen-bond acceptors (Lipinski definition) is 6. The highest BCUT2D eigenvalue weighted by molar-refractivity contribution is 7.18. The van der Waals surface area contributed by atoms with Crippen molar-refractivity contribution in [3.8, 4) is 0 Å². The van der Waals surface area contributed by atoms with Gasteiger partial charge in [-0.05, 0) is 24.6 Å². The lowest BCUT2D eigenvalue weighted by molar-refractivity contribution is 0.465. The number of thiophene rings is 1. The largest absolute Gasteiger partial charge is 0.308 e. The Bertz CT molecular complexity index is 1150. The van der Waals surface area contributed by atoms with E-state index in [0.29, 0.717) is 34.8 Å². The third-order valence-corrected chi connectivity index (χ3v) is 5.25. The Hall–Kier alpha value is -2.91. The fraction of sp³-hybridized carbons (Fsp3) is 0.263. The van der Waals surface area contributed by atoms with Crippen molar-refractivity contribution >= 4 is 21.6 Å². The maximum atomic E-state index is 13.4. The molecule has 4 aromatic rings. The number of nitrogens with zero attached hydrogens (tertiary/aromatic N) is 4. The van der Waals surface area contributed by atoms with Crippen LogP contribution in [0.2, 0.25) is 0 Å². The number of aryl methyl sites for hydroxylation is 1. The van der Waals surface area contributed by atoms with E-state index in [9.17, 15) is 9.18 Å². The molecule has 0 amide bonds. The van der Waals surface area contributed by atoms with Gasteiger partial charge >= 0.3 is 0 Å². The van der Waals surface area contributed by atoms with Crippen molar-refractivity contribution in [1.29, 1.82) is 0 Å². The average Bonchev–Trinajstić information content (AvgIpc) is 3.25. The quantitative estimate of drug-likeness (QED) is 0.500. The lowest BCUT2D eigenvalue weighted by Gasteiger charge is -2.03. The molecule has 4 aromatic heterocycles. The van der Waals surface area contributed by atoms with Crippen LogP contribution in [0.25, 0.3) is 10.2 Å². The first-order chi connectivity index (χ1) is 13.6. The van der Waals surface area contributed by atoms with Crippen molar-refractivity contribution in [3.63, 3.8) is 0 Å². The lowest BCUT2D eigenvalue weighted by atomic mass is 10.2. The molecule has 4 heterocycles. The SMILES string of the molecule is Cc1cc2c(=O)[nH]c(Cn3cc(CNCc4cccnc4)c(CF)n3)nc2s1. The molecule has 0 aromatic carbocycles. The van der Waals surface area contributed by atoms with E-state index in [-0.39, 0.29) is 12.1 Å². The third kappa shape index (κ3) is 4.00. The fourth-order valence-corrected chi connectivity index (χ4v) is 3.91. The van der Waals surface area contributed by atoms with Crippen LogP contribution in [0.4, 0.5) is 4.39 Å². The van der Waals surface area contributed by atoms with E-state index in [1.807, 2.05) is 25.1 Å². The summed E-state index contributed by atoms with van der Waals surface area (Å²) in [5.41, 5.74) is 2.05. The van der Waals surface area contributed by atoms with E-state index in [1.54, 1.807) is 23.3 Å². The van der Waals surface area contributed by atoms with E-state index >= 15 is 0 Å². The summed E-state index contributed by atoms with van der Waals surface area (Å²) in [5, 5.41) is 8.16. The van der Waals surface area contributed by atoms with Crippen molar-refractivity contribution in [2.75, 3.05) is 0 Å². The highest BCUT2D eigenvalue weighted by Crippen LogP contribution is 2.20. The number of hydrogen-bond donors (Lipinski definition) is 2. The van der Waals surface area contributed by atoms with Gasteiger partial charge in [-0.3, -0.25) is 14.5 Å². The number of nitrogens with one attached hydrogen (secondary N) is 2. The average molecular weight is 398 g/mol. The summed E-state index contributed by atoms with van der Waals surface area (Å²) < 4.78 is 15.0. The highest BCUT2D eigenvalue weighted by atomic mass is 32.1. The van der Waals surface area contributed by atoms with E-state index in [1.165, 1.54) is 11.3 Å². The number of fused-ring (bicyclic) bond motifs is 1. The Morgan fingerprint density at radius 2 is 2.25 bits per heavy atom. The fourth-order valence-electron chi connectivity index (χ4n) is 3.01. The van der Waals surface area contributed by atoms with Gasteiger partial charge in [0.15, 0.2) is 0 Å². The summed E-state index contributed by atoms with van der Waals surface area (Å²) in [6.07, 6.45) is 5.30. The maximum Gasteiger partial charge on any atom is 0.259 e. The first-order valence-electron chi connectivity index (χ1n) is 8.82. The van der Waals surface area contributed by atoms with Crippen LogP contribution < -0.4 is 10.9 Å². The van der Waals surface area contributed by atoms with E-state index < -0.39 is 6.67 Å². The first-order valence-corrected chi connectivity index (χ1v) is 9.64. The number of alkyl halides is 1. The van der Waals surface area contributed by atoms with Gasteiger partial charge in [-0.25, -0.2) is 9.37 Å². The summed E-state index contributed by atoms with van der Waals surface area (Å²) in [6.45, 7) is 2.69. The summed E-state index contributed by atoms with van der Waals surface area (Å²) in [4.78, 5) is 25.3. The van der Waals surface area contributed by atoms with Crippen LogP contribution in [-0.2, 0) is 26.3 Å². The van der Waals surface area contributed by atoms with E-state index in [0.717, 1.165) is 16.0 Å². The van der Waals surface area contributed by atoms with E-state index in [2.05, 4.69) is 25.4 Å². The molecule has 0 aliphatic carbocycles. The molecule has 0 unspecified atom stereocenters. The Kier molecular flexibility index (Phi) is 5.27. The number of aromatic amines is 1. The van der Waals surface area contributed by atoms with Gasteiger partial charge in [0.05, 0.1) is 17.6 Å². The maximum absolute atomic E-state index is 13.4. The number of aromatic nitrogens is 5. The van der Waals surface area contributed by atoms with Gasteiger partial charge in [0, 0.05) is 42.1 Å². The summed E-state index contributed by atoms with van der Waals surface area (Å²) >= 11 is 1.48. The molecule has 0 fully saturated rings. The zero-order chi connectivity index (χ0) is 19.5. The molecule has 7 nitrogen and oxygen atoms in total. The zero-order valence-electron chi connectivity index (χ0n) is 15.3. The van der Waals surface area contributed by atoms with Gasteiger partial charge in [0.1, 0.15) is 17.3 Å². The van der Waals surface area contributed by atoms with Crippen LogP contribution in [0.3, 0.4) is 0 Å². The smallest absolute Gasteiger partial charge is 0.259 e. The van der Waals surface area contributed by atoms with Crippen LogP contribution in [0.1, 0.15) is 27.5 Å². The van der Waals surface area contributed by atoms with Crippen molar-refractivity contribution < 1.29 is 4.39 Å². The van der Waals surface area contributed by atoms with Gasteiger partial charge in [0.2, 0.25) is 0 Å². The molecule has 0 saturated heterocycles. The van der Waals surface area contributed by atoms with Gasteiger partial charge in [-0.2, -0.15) is 5.10 Å². The van der Waals surface area contributed by atoms with Gasteiger partial charge in [-0.1, -0.05) is 6.07 Å². The second kappa shape index (κ2) is 7.99. The molecule has 2 N–H and O–H groups in total. The number of halogens is 1. The van der Waals surface area contributed by atoms with Crippen LogP contribution in [0.15, 0.2) is 41.6 Å². The molecule has 0 aliphatic heterocycles. The molecule has 0 saturated carbocycles. The predicted molar refractivity (Wildman–Crippen MR) is 106 cm³/mol. The topological polar surface area (TPSA) is 88.5 Å². The first kappa shape index (κ1) is 18.5. The normalized spacial score (nSPS) is 11.4. The van der Waals surface area contributed by atoms with Crippen molar-refractivity contribution in [2.24, 2.45) is 0 Å². The van der Waals surface area contributed by atoms with Gasteiger partial charge in [-0.15, -0.1) is 11.3 Å². The number of H-pyrrole nitrogens is 1. The Morgan fingerprint density at radius 3 is 3.04 bits per heavy atom. The summed E-state index contributed by atoms with van der Waals surface area (Å²) in [6, 6.07) is 5.68. The molecular weight excluding hydrogens is 379 g/mol. The van der Waals surface area contributed by atoms with Crippen molar-refractivity contribution in [3.05, 3.63) is 74.7 Å². The second-order valence-electron chi connectivity index (χ2n) is 6.49. The molecular formula is C19H19FN6OS. The molecule has 0 spiro atoms. The molecule has 0 radical (unpaired) electrons. The number of pyridine rings is 1. The van der Waals surface area contributed by atoms with Gasteiger partial charge in [0.25, 0.3) is 5.56 Å². The monoisotopic (exact) mass is 398 g/mol. The van der Waals surface area contributed by atoms with Gasteiger partial charge < -0.3 is 10.3 Å². The Balaban J connectivity index is 1.49. The standard InChI is InChI=1S/C19H19FN6OS/c1-12-5-15-18(27)23-17(24-19(15)28-12)11-26-10-14(16(6-20)25-26)9-22-8-13-3-2-4-21-7-13/h2-5,7,10,22H,6,8-9,11H2,1H3,(H,23,24,27). The Morgan fingerprint density at radius 1 is 1.36 bits per heavy atom. The predicted octanol–water partition coefficient (Wildman–Crippen LogP) is 2.69. The van der Waals surface area contributed by atoms with E-state index in [4.69, 9.17) is 0 Å². The second-order valence-corrected chi connectivity index (χ2v) is 7.72. The minimum atomic E-state index is -0.649. The molecule has 0 bridgehead atoms. The van der Waals surface area contributed by atoms with Crippen LogP contribution >= 0.6 is 11.3 Å². The summed E-state index contributed by atoms with van der Waals surface area (Å²) in [7, 11) is 0. The van der Waals surface area contributed by atoms with Crippen LogP contribution in [-0.4, -0.2) is 24.7 Å². The molecule has 0 atom stereocenters. The number of rotatable bonds is 7. The van der Waals surface area contributed by atoms with Crippen molar-refractivity contribution in [1.82, 2.24) is 30.0 Å². The zero-order valence-corrected chi connectivity index (χ0v) is 16.1. The molecule has 28 heavy (non-hydrogen) atoms. The summed E-state index contributed by atoms with van der Waals surface area (Å²) in [5.74, 6) is 0.502. The Labute approximate surface area is 164 Å². The minimum Gasteiger partial charge on any atom is -0.308 e. The molecule has 0 aliphatic rings. The molecule has 9 heteroatoms. The minimum absolute atomic E-state index is 0.166. The third-order valence-electron chi connectivity index (χ3n) is 4.31. The highest BCUT2D eigenvalue weighted by Gasteiger charge is 2.12. The van der Waals surface area contributed by atoms with Crippen LogP contribution in [0.5, 0.6) is 0 Å². The lowest BCUT2D eigenvalue weighted by Crippen LogP contribution is -2.14. The molecule has 4 rings (SSSR count).